The average Bonchev–Trinajstić information content (AvgIpc) is 2.85. The van der Waals surface area contributed by atoms with Gasteiger partial charge in [-0.1, -0.05) is 13.8 Å². The molecule has 110 valence electrons. The van der Waals surface area contributed by atoms with Crippen LogP contribution in [0.4, 0.5) is 5.69 Å². The zero-order valence-corrected chi connectivity index (χ0v) is 13.0. The maximum Gasteiger partial charge on any atom is 0.243 e. The summed E-state index contributed by atoms with van der Waals surface area (Å²) in [6.07, 6.45) is 2.77. The summed E-state index contributed by atoms with van der Waals surface area (Å²) in [5.41, 5.74) is 2.44. The fourth-order valence-electron chi connectivity index (χ4n) is 2.92. The standard InChI is InChI=1S/C15H22N2O2S/c1-15(2)6-9-17(10-7-15)20(18,19)13-3-4-14-12(11-13)5-8-16-14/h3-4,11,16H,5-10H2,1-2H3. The van der Waals surface area contributed by atoms with Crippen LogP contribution in [0.1, 0.15) is 32.3 Å². The fourth-order valence-corrected chi connectivity index (χ4v) is 4.42. The van der Waals surface area contributed by atoms with Crippen molar-refractivity contribution >= 4 is 15.7 Å². The normalized spacial score (nSPS) is 22.3. The monoisotopic (exact) mass is 294 g/mol. The van der Waals surface area contributed by atoms with Crippen LogP contribution in [0, 0.1) is 5.41 Å². The molecule has 0 aliphatic carbocycles. The van der Waals surface area contributed by atoms with E-state index in [1.165, 1.54) is 0 Å². The van der Waals surface area contributed by atoms with Gasteiger partial charge >= 0.3 is 0 Å². The Morgan fingerprint density at radius 3 is 2.60 bits per heavy atom. The second-order valence-electron chi connectivity index (χ2n) is 6.56. The molecular formula is C15H22N2O2S. The molecule has 1 fully saturated rings. The summed E-state index contributed by atoms with van der Waals surface area (Å²) in [6, 6.07) is 5.46. The molecule has 5 heteroatoms. The summed E-state index contributed by atoms with van der Waals surface area (Å²) in [4.78, 5) is 0.444. The SMILES string of the molecule is CC1(C)CCN(S(=O)(=O)c2ccc3c(c2)CCN3)CC1. The van der Waals surface area contributed by atoms with Crippen molar-refractivity contribution in [2.45, 2.75) is 38.0 Å². The summed E-state index contributed by atoms with van der Waals surface area (Å²) >= 11 is 0. The average molecular weight is 294 g/mol. The van der Waals surface area contributed by atoms with E-state index in [0.717, 1.165) is 37.1 Å². The van der Waals surface area contributed by atoms with Gasteiger partial charge in [0.1, 0.15) is 0 Å². The number of piperidine rings is 1. The summed E-state index contributed by atoms with van der Waals surface area (Å²) in [5, 5.41) is 3.26. The first-order valence-electron chi connectivity index (χ1n) is 7.25. The van der Waals surface area contributed by atoms with Crippen LogP contribution < -0.4 is 5.32 Å². The second kappa shape index (κ2) is 4.74. The van der Waals surface area contributed by atoms with Crippen molar-refractivity contribution in [1.82, 2.24) is 4.31 Å². The minimum absolute atomic E-state index is 0.258. The van der Waals surface area contributed by atoms with E-state index in [9.17, 15) is 8.42 Å². The molecule has 1 aromatic rings. The number of hydrogen-bond acceptors (Lipinski definition) is 3. The van der Waals surface area contributed by atoms with Crippen molar-refractivity contribution in [2.75, 3.05) is 25.0 Å². The van der Waals surface area contributed by atoms with Gasteiger partial charge in [-0.25, -0.2) is 8.42 Å². The molecule has 1 N–H and O–H groups in total. The Balaban J connectivity index is 1.85. The maximum absolute atomic E-state index is 12.7. The lowest BCUT2D eigenvalue weighted by Crippen LogP contribution is -2.41. The molecule has 4 nitrogen and oxygen atoms in total. The first-order chi connectivity index (χ1) is 9.38. The molecular weight excluding hydrogens is 272 g/mol. The molecule has 0 spiro atoms. The van der Waals surface area contributed by atoms with Crippen molar-refractivity contribution in [1.29, 1.82) is 0 Å². The molecule has 0 amide bonds. The minimum atomic E-state index is -3.33. The van der Waals surface area contributed by atoms with E-state index in [-0.39, 0.29) is 5.41 Å². The third-order valence-corrected chi connectivity index (χ3v) is 6.39. The lowest BCUT2D eigenvalue weighted by Gasteiger charge is -2.36. The molecule has 1 aromatic carbocycles. The topological polar surface area (TPSA) is 49.4 Å². The van der Waals surface area contributed by atoms with Gasteiger partial charge in [-0.05, 0) is 48.4 Å². The molecule has 2 aliphatic heterocycles. The summed E-state index contributed by atoms with van der Waals surface area (Å²) in [7, 11) is -3.33. The zero-order valence-electron chi connectivity index (χ0n) is 12.1. The highest BCUT2D eigenvalue weighted by Gasteiger charge is 2.33. The van der Waals surface area contributed by atoms with E-state index in [2.05, 4.69) is 19.2 Å². The van der Waals surface area contributed by atoms with E-state index in [1.807, 2.05) is 12.1 Å². The summed E-state index contributed by atoms with van der Waals surface area (Å²) in [6.45, 7) is 6.57. The van der Waals surface area contributed by atoms with Crippen molar-refractivity contribution in [2.24, 2.45) is 5.41 Å². The van der Waals surface area contributed by atoms with Crippen LogP contribution in [-0.2, 0) is 16.4 Å². The smallest absolute Gasteiger partial charge is 0.243 e. The van der Waals surface area contributed by atoms with Crippen molar-refractivity contribution in [3.05, 3.63) is 23.8 Å². The van der Waals surface area contributed by atoms with Crippen LogP contribution in [0.25, 0.3) is 0 Å². The molecule has 0 atom stereocenters. The predicted molar refractivity (Wildman–Crippen MR) is 80.4 cm³/mol. The zero-order chi connectivity index (χ0) is 14.4. The molecule has 2 heterocycles. The summed E-state index contributed by atoms with van der Waals surface area (Å²) in [5.74, 6) is 0. The highest BCUT2D eigenvalue weighted by Crippen LogP contribution is 2.33. The largest absolute Gasteiger partial charge is 0.384 e. The Morgan fingerprint density at radius 2 is 1.90 bits per heavy atom. The number of anilines is 1. The predicted octanol–water partition coefficient (Wildman–Crippen LogP) is 2.47. The van der Waals surface area contributed by atoms with Gasteiger partial charge in [-0.3, -0.25) is 0 Å². The number of sulfonamides is 1. The molecule has 0 radical (unpaired) electrons. The Morgan fingerprint density at radius 1 is 1.20 bits per heavy atom. The van der Waals surface area contributed by atoms with E-state index in [0.29, 0.717) is 18.0 Å². The van der Waals surface area contributed by atoms with Gasteiger partial charge in [0, 0.05) is 25.3 Å². The number of fused-ring (bicyclic) bond motifs is 1. The number of nitrogens with zero attached hydrogens (tertiary/aromatic N) is 1. The van der Waals surface area contributed by atoms with Gasteiger partial charge in [0.25, 0.3) is 0 Å². The lowest BCUT2D eigenvalue weighted by atomic mass is 9.83. The molecule has 3 rings (SSSR count). The van der Waals surface area contributed by atoms with Crippen molar-refractivity contribution in [3.63, 3.8) is 0 Å². The van der Waals surface area contributed by atoms with Gasteiger partial charge in [0.05, 0.1) is 4.90 Å². The Hall–Kier alpha value is -1.07. The van der Waals surface area contributed by atoms with Gasteiger partial charge in [0.2, 0.25) is 10.0 Å². The molecule has 0 aromatic heterocycles. The van der Waals surface area contributed by atoms with Crippen molar-refractivity contribution < 1.29 is 8.42 Å². The van der Waals surface area contributed by atoms with Crippen LogP contribution in [0.2, 0.25) is 0 Å². The number of nitrogens with one attached hydrogen (secondary N) is 1. The van der Waals surface area contributed by atoms with E-state index < -0.39 is 10.0 Å². The fraction of sp³-hybridized carbons (Fsp3) is 0.600. The van der Waals surface area contributed by atoms with Crippen LogP contribution in [0.5, 0.6) is 0 Å². The highest BCUT2D eigenvalue weighted by atomic mass is 32.2. The highest BCUT2D eigenvalue weighted by molar-refractivity contribution is 7.89. The quantitative estimate of drug-likeness (QED) is 0.911. The van der Waals surface area contributed by atoms with Crippen LogP contribution in [0.15, 0.2) is 23.1 Å². The molecule has 20 heavy (non-hydrogen) atoms. The van der Waals surface area contributed by atoms with Crippen LogP contribution >= 0.6 is 0 Å². The Bertz CT molecular complexity index is 613. The number of hydrogen-bond donors (Lipinski definition) is 1. The third-order valence-electron chi connectivity index (χ3n) is 4.50. The molecule has 1 saturated heterocycles. The van der Waals surface area contributed by atoms with Gasteiger partial charge in [-0.2, -0.15) is 4.31 Å². The summed E-state index contributed by atoms with van der Waals surface area (Å²) < 4.78 is 27.0. The lowest BCUT2D eigenvalue weighted by molar-refractivity contribution is 0.196. The Kier molecular flexibility index (Phi) is 3.29. The van der Waals surface area contributed by atoms with E-state index >= 15 is 0 Å². The van der Waals surface area contributed by atoms with Crippen molar-refractivity contribution in [3.8, 4) is 0 Å². The number of benzene rings is 1. The molecule has 2 aliphatic rings. The molecule has 0 unspecified atom stereocenters. The molecule has 0 saturated carbocycles. The van der Waals surface area contributed by atoms with E-state index in [4.69, 9.17) is 0 Å². The van der Waals surface area contributed by atoms with Gasteiger partial charge < -0.3 is 5.32 Å². The third kappa shape index (κ3) is 2.44. The first-order valence-corrected chi connectivity index (χ1v) is 8.69. The second-order valence-corrected chi connectivity index (χ2v) is 8.50. The van der Waals surface area contributed by atoms with E-state index in [1.54, 1.807) is 10.4 Å². The maximum atomic E-state index is 12.7. The van der Waals surface area contributed by atoms with Gasteiger partial charge in [0.15, 0.2) is 0 Å². The number of rotatable bonds is 2. The first kappa shape index (κ1) is 13.9. The molecule has 0 bridgehead atoms. The minimum Gasteiger partial charge on any atom is -0.384 e. The van der Waals surface area contributed by atoms with Crippen LogP contribution in [-0.4, -0.2) is 32.4 Å². The van der Waals surface area contributed by atoms with Crippen LogP contribution in [0.3, 0.4) is 0 Å². The van der Waals surface area contributed by atoms with Gasteiger partial charge in [-0.15, -0.1) is 0 Å². The Labute approximate surface area is 121 Å².